The Bertz CT molecular complexity index is 308. The monoisotopic (exact) mass is 240 g/mol. The predicted octanol–water partition coefficient (Wildman–Crippen LogP) is 2.15. The van der Waals surface area contributed by atoms with Crippen molar-refractivity contribution in [3.8, 4) is 0 Å². The van der Waals surface area contributed by atoms with E-state index in [1.807, 2.05) is 0 Å². The fourth-order valence-corrected chi connectivity index (χ4v) is 2.78. The van der Waals surface area contributed by atoms with Crippen LogP contribution in [0.4, 0.5) is 0 Å². The highest BCUT2D eigenvalue weighted by molar-refractivity contribution is 7.09. The summed E-state index contributed by atoms with van der Waals surface area (Å²) in [6, 6.07) is 0.576. The first-order valence-electron chi connectivity index (χ1n) is 6.07. The van der Waals surface area contributed by atoms with Gasteiger partial charge in [-0.1, -0.05) is 0 Å². The van der Waals surface area contributed by atoms with Gasteiger partial charge in [0.2, 0.25) is 0 Å². The van der Waals surface area contributed by atoms with Crippen LogP contribution in [-0.2, 0) is 11.2 Å². The fraction of sp³-hybridized carbons (Fsp3) is 0.750. The van der Waals surface area contributed by atoms with Gasteiger partial charge in [-0.15, -0.1) is 11.3 Å². The van der Waals surface area contributed by atoms with Gasteiger partial charge in [0.1, 0.15) is 0 Å². The van der Waals surface area contributed by atoms with Crippen molar-refractivity contribution in [2.24, 2.45) is 0 Å². The highest BCUT2D eigenvalue weighted by Crippen LogP contribution is 2.11. The third kappa shape index (κ3) is 3.85. The van der Waals surface area contributed by atoms with E-state index in [0.29, 0.717) is 6.04 Å². The first-order valence-corrected chi connectivity index (χ1v) is 6.94. The van der Waals surface area contributed by atoms with E-state index >= 15 is 0 Å². The topological polar surface area (TPSA) is 34.1 Å². The Balaban J connectivity index is 1.57. The maximum absolute atomic E-state index is 5.43. The number of nitrogens with zero attached hydrogens (tertiary/aromatic N) is 1. The Morgan fingerprint density at radius 2 is 2.56 bits per heavy atom. The number of ether oxygens (including phenoxy) is 1. The highest BCUT2D eigenvalue weighted by Gasteiger charge is 2.12. The normalized spacial score (nSPS) is 21.2. The van der Waals surface area contributed by atoms with Crippen molar-refractivity contribution in [3.05, 3.63) is 16.1 Å². The summed E-state index contributed by atoms with van der Waals surface area (Å²) in [6.45, 7) is 4.96. The SMILES string of the molecule is Cc1csc(CCCNC2CCCOC2)n1. The fourth-order valence-electron chi connectivity index (χ4n) is 1.97. The molecular weight excluding hydrogens is 220 g/mol. The van der Waals surface area contributed by atoms with Gasteiger partial charge in [0.05, 0.1) is 11.6 Å². The predicted molar refractivity (Wildman–Crippen MR) is 67.0 cm³/mol. The summed E-state index contributed by atoms with van der Waals surface area (Å²) in [5.74, 6) is 0. The van der Waals surface area contributed by atoms with Gasteiger partial charge in [0.25, 0.3) is 0 Å². The zero-order valence-corrected chi connectivity index (χ0v) is 10.7. The van der Waals surface area contributed by atoms with E-state index in [9.17, 15) is 0 Å². The summed E-state index contributed by atoms with van der Waals surface area (Å²) < 4.78 is 5.43. The lowest BCUT2D eigenvalue weighted by molar-refractivity contribution is 0.0705. The van der Waals surface area contributed by atoms with Crippen LogP contribution in [0.2, 0.25) is 0 Å². The summed E-state index contributed by atoms with van der Waals surface area (Å²) in [5, 5.41) is 6.94. The number of nitrogens with one attached hydrogen (secondary N) is 1. The first-order chi connectivity index (χ1) is 7.84. The number of rotatable bonds is 5. The molecule has 0 amide bonds. The molecule has 4 heteroatoms. The molecule has 0 aromatic carbocycles. The molecule has 1 aromatic rings. The van der Waals surface area contributed by atoms with Crippen LogP contribution in [0, 0.1) is 6.92 Å². The second-order valence-electron chi connectivity index (χ2n) is 4.35. The van der Waals surface area contributed by atoms with Gasteiger partial charge in [0, 0.05) is 30.1 Å². The molecule has 0 radical (unpaired) electrons. The molecule has 16 heavy (non-hydrogen) atoms. The average molecular weight is 240 g/mol. The molecule has 0 spiro atoms. The molecule has 1 aliphatic rings. The van der Waals surface area contributed by atoms with Crippen molar-refractivity contribution in [1.29, 1.82) is 0 Å². The minimum absolute atomic E-state index is 0.576. The molecule has 1 N–H and O–H groups in total. The largest absolute Gasteiger partial charge is 0.380 e. The Morgan fingerprint density at radius 3 is 3.25 bits per heavy atom. The standard InChI is InChI=1S/C12H20N2OS/c1-10-9-16-12(14-10)5-2-6-13-11-4-3-7-15-8-11/h9,11,13H,2-8H2,1H3. The third-order valence-corrected chi connectivity index (χ3v) is 3.85. The van der Waals surface area contributed by atoms with Crippen molar-refractivity contribution in [2.45, 2.75) is 38.6 Å². The summed E-state index contributed by atoms with van der Waals surface area (Å²) in [5.41, 5.74) is 1.15. The molecule has 3 nitrogen and oxygen atoms in total. The number of hydrogen-bond acceptors (Lipinski definition) is 4. The van der Waals surface area contributed by atoms with Crippen molar-refractivity contribution >= 4 is 11.3 Å². The Morgan fingerprint density at radius 1 is 1.62 bits per heavy atom. The number of thiazole rings is 1. The number of aromatic nitrogens is 1. The molecule has 2 heterocycles. The van der Waals surface area contributed by atoms with Crippen molar-refractivity contribution in [1.82, 2.24) is 10.3 Å². The van der Waals surface area contributed by atoms with E-state index in [1.54, 1.807) is 11.3 Å². The minimum Gasteiger partial charge on any atom is -0.380 e. The first kappa shape index (κ1) is 12.0. The van der Waals surface area contributed by atoms with Gasteiger partial charge in [-0.3, -0.25) is 0 Å². The molecule has 0 aliphatic carbocycles. The molecule has 2 rings (SSSR count). The molecule has 0 bridgehead atoms. The van der Waals surface area contributed by atoms with Crippen LogP contribution in [0.1, 0.15) is 30.0 Å². The lowest BCUT2D eigenvalue weighted by Crippen LogP contribution is -2.37. The number of hydrogen-bond donors (Lipinski definition) is 1. The molecule has 90 valence electrons. The van der Waals surface area contributed by atoms with Gasteiger partial charge in [-0.2, -0.15) is 0 Å². The third-order valence-electron chi connectivity index (χ3n) is 2.83. The summed E-state index contributed by atoms with van der Waals surface area (Å²) in [6.07, 6.45) is 4.72. The number of aryl methyl sites for hydroxylation is 2. The van der Waals surface area contributed by atoms with E-state index in [1.165, 1.54) is 24.3 Å². The summed E-state index contributed by atoms with van der Waals surface area (Å²) in [4.78, 5) is 4.46. The van der Waals surface area contributed by atoms with Crippen LogP contribution in [0.5, 0.6) is 0 Å². The molecule has 1 atom stereocenters. The smallest absolute Gasteiger partial charge is 0.0928 e. The molecule has 0 saturated carbocycles. The average Bonchev–Trinajstić information content (AvgIpc) is 2.72. The van der Waals surface area contributed by atoms with Crippen LogP contribution in [0.15, 0.2) is 5.38 Å². The molecule has 1 aliphatic heterocycles. The van der Waals surface area contributed by atoms with Crippen molar-refractivity contribution < 1.29 is 4.74 Å². The quantitative estimate of drug-likeness (QED) is 0.801. The molecule has 1 fully saturated rings. The van der Waals surface area contributed by atoms with Crippen molar-refractivity contribution in [2.75, 3.05) is 19.8 Å². The van der Waals surface area contributed by atoms with Gasteiger partial charge in [0.15, 0.2) is 0 Å². The summed E-state index contributed by atoms with van der Waals surface area (Å²) in [7, 11) is 0. The van der Waals surface area contributed by atoms with E-state index < -0.39 is 0 Å². The van der Waals surface area contributed by atoms with Crippen LogP contribution in [0.3, 0.4) is 0 Å². The Labute approximate surface area is 101 Å². The maximum atomic E-state index is 5.43. The maximum Gasteiger partial charge on any atom is 0.0928 e. The lowest BCUT2D eigenvalue weighted by Gasteiger charge is -2.23. The molecule has 1 unspecified atom stereocenters. The van der Waals surface area contributed by atoms with E-state index in [0.717, 1.165) is 31.9 Å². The van der Waals surface area contributed by atoms with Gasteiger partial charge < -0.3 is 10.1 Å². The van der Waals surface area contributed by atoms with E-state index in [-0.39, 0.29) is 0 Å². The van der Waals surface area contributed by atoms with E-state index in [4.69, 9.17) is 4.74 Å². The molecule has 1 aromatic heterocycles. The van der Waals surface area contributed by atoms with Gasteiger partial charge >= 0.3 is 0 Å². The molecular formula is C12H20N2OS. The van der Waals surface area contributed by atoms with E-state index in [2.05, 4.69) is 22.6 Å². The Hall–Kier alpha value is -0.450. The van der Waals surface area contributed by atoms with Gasteiger partial charge in [-0.05, 0) is 32.7 Å². The van der Waals surface area contributed by atoms with Crippen LogP contribution >= 0.6 is 11.3 Å². The Kier molecular flexibility index (Phi) is 4.75. The van der Waals surface area contributed by atoms with Gasteiger partial charge in [-0.25, -0.2) is 4.98 Å². The summed E-state index contributed by atoms with van der Waals surface area (Å²) >= 11 is 1.77. The zero-order valence-electron chi connectivity index (χ0n) is 9.87. The van der Waals surface area contributed by atoms with Crippen LogP contribution in [0.25, 0.3) is 0 Å². The van der Waals surface area contributed by atoms with Crippen molar-refractivity contribution in [3.63, 3.8) is 0 Å². The highest BCUT2D eigenvalue weighted by atomic mass is 32.1. The molecule has 1 saturated heterocycles. The second kappa shape index (κ2) is 6.33. The minimum atomic E-state index is 0.576. The van der Waals surface area contributed by atoms with Crippen LogP contribution in [-0.4, -0.2) is 30.8 Å². The lowest BCUT2D eigenvalue weighted by atomic mass is 10.1. The zero-order chi connectivity index (χ0) is 11.2. The second-order valence-corrected chi connectivity index (χ2v) is 5.30. The van der Waals surface area contributed by atoms with Crippen LogP contribution < -0.4 is 5.32 Å².